The Morgan fingerprint density at radius 2 is 1.90 bits per heavy atom. The van der Waals surface area contributed by atoms with Crippen molar-refractivity contribution in [1.29, 1.82) is 0 Å². The number of hydrogen-bond acceptors (Lipinski definition) is 7. The Balaban J connectivity index is 1.35. The number of ether oxygens (including phenoxy) is 1. The van der Waals surface area contributed by atoms with Gasteiger partial charge in [0.15, 0.2) is 5.82 Å². The summed E-state index contributed by atoms with van der Waals surface area (Å²) in [7, 11) is 1.73. The minimum absolute atomic E-state index is 0.336. The van der Waals surface area contributed by atoms with Gasteiger partial charge in [-0.3, -0.25) is 0 Å². The molecule has 0 radical (unpaired) electrons. The highest BCUT2D eigenvalue weighted by atomic mass is 19.1. The van der Waals surface area contributed by atoms with Gasteiger partial charge in [0.25, 0.3) is 0 Å². The van der Waals surface area contributed by atoms with E-state index in [1.54, 1.807) is 25.4 Å². The van der Waals surface area contributed by atoms with Gasteiger partial charge in [-0.25, -0.2) is 19.3 Å². The van der Waals surface area contributed by atoms with Gasteiger partial charge in [0.05, 0.1) is 18.5 Å². The number of nitrogens with one attached hydrogen (secondary N) is 3. The topological polar surface area (TPSA) is 84.0 Å². The second-order valence-corrected chi connectivity index (χ2v) is 8.86. The molecule has 4 rings (SSSR count). The number of anilines is 2. The lowest BCUT2D eigenvalue weighted by Gasteiger charge is -2.31. The first-order valence-corrected chi connectivity index (χ1v) is 11.3. The van der Waals surface area contributed by atoms with Crippen molar-refractivity contribution in [3.05, 3.63) is 30.3 Å². The van der Waals surface area contributed by atoms with E-state index in [0.29, 0.717) is 47.1 Å². The summed E-state index contributed by atoms with van der Waals surface area (Å²) in [4.78, 5) is 13.0. The Bertz CT molecular complexity index is 854. The summed E-state index contributed by atoms with van der Waals surface area (Å²) >= 11 is 0. The van der Waals surface area contributed by atoms with E-state index in [2.05, 4.69) is 37.8 Å². The van der Waals surface area contributed by atoms with Crippen molar-refractivity contribution in [2.45, 2.75) is 63.6 Å². The number of aromatic nitrogens is 3. The molecule has 0 aliphatic heterocycles. The summed E-state index contributed by atoms with van der Waals surface area (Å²) in [5.74, 6) is 1.57. The zero-order chi connectivity index (χ0) is 21.6. The van der Waals surface area contributed by atoms with Crippen molar-refractivity contribution >= 4 is 11.8 Å². The molecule has 0 spiro atoms. The SMILES string of the molecule is COCC(C)NC1CCC(Nc2cc(-c3ccnc(NCC4CC4)n3)c(F)cn2)CC1. The van der Waals surface area contributed by atoms with Gasteiger partial charge in [-0.1, -0.05) is 0 Å². The van der Waals surface area contributed by atoms with Gasteiger partial charge in [-0.05, 0) is 63.5 Å². The quantitative estimate of drug-likeness (QED) is 0.530. The van der Waals surface area contributed by atoms with Gasteiger partial charge in [0.2, 0.25) is 5.95 Å². The first kappa shape index (κ1) is 21.9. The lowest BCUT2D eigenvalue weighted by Crippen LogP contribution is -2.42. The molecule has 7 nitrogen and oxygen atoms in total. The van der Waals surface area contributed by atoms with Gasteiger partial charge in [-0.15, -0.1) is 0 Å². The van der Waals surface area contributed by atoms with Crippen molar-refractivity contribution in [3.63, 3.8) is 0 Å². The highest BCUT2D eigenvalue weighted by Gasteiger charge is 2.23. The van der Waals surface area contributed by atoms with Crippen LogP contribution in [0.1, 0.15) is 45.4 Å². The molecule has 2 aromatic heterocycles. The average Bonchev–Trinajstić information content (AvgIpc) is 3.60. The summed E-state index contributed by atoms with van der Waals surface area (Å²) < 4.78 is 19.7. The van der Waals surface area contributed by atoms with E-state index in [-0.39, 0.29) is 5.82 Å². The fourth-order valence-corrected chi connectivity index (χ4v) is 4.18. The van der Waals surface area contributed by atoms with Gasteiger partial charge >= 0.3 is 0 Å². The van der Waals surface area contributed by atoms with Crippen LogP contribution in [0.5, 0.6) is 0 Å². The summed E-state index contributed by atoms with van der Waals surface area (Å²) in [6, 6.07) is 4.71. The molecule has 0 bridgehead atoms. The zero-order valence-electron chi connectivity index (χ0n) is 18.4. The van der Waals surface area contributed by atoms with Crippen molar-refractivity contribution in [3.8, 4) is 11.3 Å². The fraction of sp³-hybridized carbons (Fsp3) is 0.609. The van der Waals surface area contributed by atoms with E-state index in [9.17, 15) is 4.39 Å². The summed E-state index contributed by atoms with van der Waals surface area (Å²) in [5, 5.41) is 10.4. The van der Waals surface area contributed by atoms with Crippen LogP contribution >= 0.6 is 0 Å². The van der Waals surface area contributed by atoms with Crippen molar-refractivity contribution in [2.75, 3.05) is 30.9 Å². The molecule has 2 aliphatic carbocycles. The fourth-order valence-electron chi connectivity index (χ4n) is 4.18. The third-order valence-electron chi connectivity index (χ3n) is 6.05. The molecule has 2 fully saturated rings. The lowest BCUT2D eigenvalue weighted by atomic mass is 9.90. The maximum absolute atomic E-state index is 14.5. The first-order chi connectivity index (χ1) is 15.1. The number of nitrogens with zero attached hydrogens (tertiary/aromatic N) is 3. The van der Waals surface area contributed by atoms with Crippen LogP contribution in [-0.4, -0.2) is 53.3 Å². The molecule has 2 aromatic rings. The molecule has 2 heterocycles. The number of methoxy groups -OCH3 is 1. The summed E-state index contributed by atoms with van der Waals surface area (Å²) in [5.41, 5.74) is 1.01. The average molecular weight is 429 g/mol. The van der Waals surface area contributed by atoms with Crippen LogP contribution in [0, 0.1) is 11.7 Å². The molecule has 2 saturated carbocycles. The van der Waals surface area contributed by atoms with E-state index in [0.717, 1.165) is 38.8 Å². The Morgan fingerprint density at radius 3 is 2.65 bits per heavy atom. The summed E-state index contributed by atoms with van der Waals surface area (Å²) in [6.07, 6.45) is 9.75. The molecule has 168 valence electrons. The molecule has 1 atom stereocenters. The van der Waals surface area contributed by atoms with Crippen molar-refractivity contribution in [2.24, 2.45) is 5.92 Å². The number of pyridine rings is 1. The van der Waals surface area contributed by atoms with Crippen LogP contribution < -0.4 is 16.0 Å². The Kier molecular flexibility index (Phi) is 7.29. The predicted molar refractivity (Wildman–Crippen MR) is 121 cm³/mol. The molecule has 8 heteroatoms. The molecule has 1 unspecified atom stereocenters. The normalized spacial score (nSPS) is 22.2. The highest BCUT2D eigenvalue weighted by Crippen LogP contribution is 2.29. The molecule has 3 N–H and O–H groups in total. The molecule has 31 heavy (non-hydrogen) atoms. The van der Waals surface area contributed by atoms with Gasteiger partial charge in [0, 0.05) is 43.5 Å². The third kappa shape index (κ3) is 6.33. The summed E-state index contributed by atoms with van der Waals surface area (Å²) in [6.45, 7) is 3.75. The minimum atomic E-state index is -0.377. The molecule has 2 aliphatic rings. The van der Waals surface area contributed by atoms with E-state index in [4.69, 9.17) is 4.74 Å². The zero-order valence-corrected chi connectivity index (χ0v) is 18.4. The minimum Gasteiger partial charge on any atom is -0.383 e. The van der Waals surface area contributed by atoms with Crippen LogP contribution in [0.3, 0.4) is 0 Å². The number of halogens is 1. The van der Waals surface area contributed by atoms with Crippen molar-refractivity contribution < 1.29 is 9.13 Å². The van der Waals surface area contributed by atoms with E-state index in [1.807, 2.05) is 0 Å². The van der Waals surface area contributed by atoms with Gasteiger partial charge in [-0.2, -0.15) is 0 Å². The van der Waals surface area contributed by atoms with Crippen LogP contribution in [-0.2, 0) is 4.74 Å². The van der Waals surface area contributed by atoms with Crippen LogP contribution in [0.15, 0.2) is 24.5 Å². The smallest absolute Gasteiger partial charge is 0.223 e. The molecular formula is C23H33FN6O. The Labute approximate surface area is 183 Å². The Hall–Kier alpha value is -2.32. The third-order valence-corrected chi connectivity index (χ3v) is 6.05. The lowest BCUT2D eigenvalue weighted by molar-refractivity contribution is 0.161. The van der Waals surface area contributed by atoms with Crippen LogP contribution in [0.25, 0.3) is 11.3 Å². The molecule has 0 aromatic carbocycles. The molecular weight excluding hydrogens is 395 g/mol. The number of rotatable bonds is 10. The van der Waals surface area contributed by atoms with Gasteiger partial charge in [0.1, 0.15) is 5.82 Å². The van der Waals surface area contributed by atoms with Crippen LogP contribution in [0.4, 0.5) is 16.2 Å². The highest BCUT2D eigenvalue weighted by molar-refractivity contribution is 5.64. The van der Waals surface area contributed by atoms with Crippen LogP contribution in [0.2, 0.25) is 0 Å². The van der Waals surface area contributed by atoms with Gasteiger partial charge < -0.3 is 20.7 Å². The second kappa shape index (κ2) is 10.3. The van der Waals surface area contributed by atoms with E-state index in [1.165, 1.54) is 19.0 Å². The van der Waals surface area contributed by atoms with E-state index < -0.39 is 0 Å². The largest absolute Gasteiger partial charge is 0.383 e. The predicted octanol–water partition coefficient (Wildman–Crippen LogP) is 3.85. The maximum atomic E-state index is 14.5. The van der Waals surface area contributed by atoms with E-state index >= 15 is 0 Å². The van der Waals surface area contributed by atoms with Crippen molar-refractivity contribution in [1.82, 2.24) is 20.3 Å². The monoisotopic (exact) mass is 428 g/mol. The molecule has 0 amide bonds. The first-order valence-electron chi connectivity index (χ1n) is 11.3. The molecule has 0 saturated heterocycles. The number of hydrogen-bond donors (Lipinski definition) is 3. The standard InChI is InChI=1S/C23H33FN6O/c1-15(14-31-2)28-17-5-7-18(8-6-17)29-22-11-19(20(24)13-26-22)21-9-10-25-23(30-21)27-12-16-3-4-16/h9-11,13,15-18,28H,3-8,12,14H2,1-2H3,(H,26,29)(H,25,27,30). The second-order valence-electron chi connectivity index (χ2n) is 8.86. The Morgan fingerprint density at radius 1 is 1.13 bits per heavy atom. The maximum Gasteiger partial charge on any atom is 0.223 e.